The predicted molar refractivity (Wildman–Crippen MR) is 77.5 cm³/mol. The number of hydrogen-bond acceptors (Lipinski definition) is 3. The van der Waals surface area contributed by atoms with E-state index in [1.807, 2.05) is 0 Å². The Labute approximate surface area is 143 Å². The van der Waals surface area contributed by atoms with Gasteiger partial charge in [0.1, 0.15) is 11.9 Å². The molecule has 25 heavy (non-hydrogen) atoms. The number of nitrogens with zero attached hydrogens (tertiary/aromatic N) is 1. The molecule has 4 nitrogen and oxygen atoms in total. The normalized spacial score (nSPS) is 19.4. The Morgan fingerprint density at radius 1 is 1.28 bits per heavy atom. The largest absolute Gasteiger partial charge is 0.382 e. The molecule has 0 spiro atoms. The molecule has 1 aliphatic carbocycles. The van der Waals surface area contributed by atoms with Crippen LogP contribution in [-0.2, 0) is 16.3 Å². The molecule has 1 heterocycles. The van der Waals surface area contributed by atoms with Gasteiger partial charge in [-0.25, -0.2) is 21.6 Å². The average Bonchev–Trinajstić information content (AvgIpc) is 2.93. The first kappa shape index (κ1) is 18.2. The van der Waals surface area contributed by atoms with Crippen molar-refractivity contribution in [2.24, 2.45) is 0 Å². The highest BCUT2D eigenvalue weighted by molar-refractivity contribution is 7.91. The van der Waals surface area contributed by atoms with E-state index in [1.54, 1.807) is 0 Å². The first-order valence-corrected chi connectivity index (χ1v) is 8.66. The summed E-state index contributed by atoms with van der Waals surface area (Å²) in [5.74, 6) is -8.46. The Kier molecular flexibility index (Phi) is 4.12. The van der Waals surface area contributed by atoms with E-state index in [4.69, 9.17) is 11.6 Å². The predicted octanol–water partition coefficient (Wildman–Crippen LogP) is 3.49. The zero-order valence-electron chi connectivity index (χ0n) is 12.1. The lowest BCUT2D eigenvalue weighted by Gasteiger charge is -2.15. The Morgan fingerprint density at radius 2 is 1.92 bits per heavy atom. The maximum absolute atomic E-state index is 13.8. The van der Waals surface area contributed by atoms with E-state index in [0.29, 0.717) is 6.20 Å². The number of halogens is 6. The Hall–Kier alpha value is -1.65. The first-order valence-electron chi connectivity index (χ1n) is 6.73. The summed E-state index contributed by atoms with van der Waals surface area (Å²) in [6.07, 6.45) is -3.01. The van der Waals surface area contributed by atoms with Crippen LogP contribution in [0.15, 0.2) is 29.3 Å². The molecule has 1 aromatic heterocycles. The summed E-state index contributed by atoms with van der Waals surface area (Å²) in [5, 5.41) is 9.62. The molecule has 0 radical (unpaired) electrons. The molecule has 1 aliphatic rings. The third-order valence-corrected chi connectivity index (χ3v) is 5.48. The van der Waals surface area contributed by atoms with Gasteiger partial charge in [0.15, 0.2) is 0 Å². The number of aliphatic hydroxyl groups excluding tert-OH is 1. The summed E-state index contributed by atoms with van der Waals surface area (Å²) in [5.41, 5.74) is -1.36. The Morgan fingerprint density at radius 3 is 2.48 bits per heavy atom. The van der Waals surface area contributed by atoms with Crippen molar-refractivity contribution >= 4 is 21.4 Å². The van der Waals surface area contributed by atoms with E-state index < -0.39 is 56.0 Å². The molecule has 0 fully saturated rings. The molecule has 1 atom stereocenters. The second kappa shape index (κ2) is 5.68. The molecule has 3 rings (SSSR count). The van der Waals surface area contributed by atoms with Crippen molar-refractivity contribution < 1.29 is 35.5 Å². The third-order valence-electron chi connectivity index (χ3n) is 3.86. The maximum Gasteiger partial charge on any atom is 0.341 e. The van der Waals surface area contributed by atoms with Crippen molar-refractivity contribution in [3.05, 3.63) is 46.5 Å². The molecular formula is C14H9ClF5NO3S. The molecule has 11 heteroatoms. The lowest BCUT2D eigenvalue weighted by atomic mass is 10.2. The second-order valence-electron chi connectivity index (χ2n) is 5.50. The van der Waals surface area contributed by atoms with Gasteiger partial charge in [0.25, 0.3) is 5.92 Å². The highest BCUT2D eigenvalue weighted by Crippen LogP contribution is 2.48. The highest BCUT2D eigenvalue weighted by atomic mass is 35.5. The van der Waals surface area contributed by atoms with Gasteiger partial charge in [-0.3, -0.25) is 0 Å². The van der Waals surface area contributed by atoms with Crippen molar-refractivity contribution in [3.8, 4) is 5.69 Å². The number of hydrogen-bond donors (Lipinski definition) is 1. The number of aliphatic hydroxyl groups is 1. The zero-order valence-corrected chi connectivity index (χ0v) is 13.6. The van der Waals surface area contributed by atoms with Crippen LogP contribution in [0.2, 0.25) is 5.02 Å². The van der Waals surface area contributed by atoms with Crippen molar-refractivity contribution in [2.45, 2.75) is 29.1 Å². The summed E-state index contributed by atoms with van der Waals surface area (Å²) in [7, 11) is -5.27. The number of aromatic nitrogens is 1. The van der Waals surface area contributed by atoms with Gasteiger partial charge < -0.3 is 9.67 Å². The lowest BCUT2D eigenvalue weighted by Crippen LogP contribution is -2.24. The summed E-state index contributed by atoms with van der Waals surface area (Å²) in [6.45, 7) is 0. The van der Waals surface area contributed by atoms with E-state index in [-0.39, 0.29) is 10.7 Å². The smallest absolute Gasteiger partial charge is 0.341 e. The molecule has 0 saturated heterocycles. The number of alkyl halides is 4. The van der Waals surface area contributed by atoms with Gasteiger partial charge in [-0.2, -0.15) is 8.78 Å². The van der Waals surface area contributed by atoms with Gasteiger partial charge in [-0.1, -0.05) is 11.6 Å². The van der Waals surface area contributed by atoms with Gasteiger partial charge in [0, 0.05) is 28.2 Å². The zero-order chi connectivity index (χ0) is 18.7. The molecular weight excluding hydrogens is 393 g/mol. The molecule has 1 aromatic carbocycles. The van der Waals surface area contributed by atoms with E-state index in [0.717, 1.165) is 22.8 Å². The molecule has 136 valence electrons. The van der Waals surface area contributed by atoms with E-state index in [9.17, 15) is 35.5 Å². The minimum Gasteiger partial charge on any atom is -0.382 e. The van der Waals surface area contributed by atoms with Crippen LogP contribution in [0.1, 0.15) is 17.4 Å². The molecule has 1 unspecified atom stereocenters. The van der Waals surface area contributed by atoms with Crippen LogP contribution < -0.4 is 0 Å². The van der Waals surface area contributed by atoms with Crippen LogP contribution >= 0.6 is 11.6 Å². The van der Waals surface area contributed by atoms with Crippen LogP contribution in [0.4, 0.5) is 22.0 Å². The Balaban J connectivity index is 2.32. The number of fused-ring (bicyclic) bond motifs is 1. The van der Waals surface area contributed by atoms with Gasteiger partial charge in [-0.15, -0.1) is 0 Å². The summed E-state index contributed by atoms with van der Waals surface area (Å²) < 4.78 is 91.4. The van der Waals surface area contributed by atoms with E-state index in [2.05, 4.69) is 0 Å². The molecule has 0 amide bonds. The van der Waals surface area contributed by atoms with Crippen LogP contribution in [0, 0.1) is 5.82 Å². The molecule has 0 bridgehead atoms. The molecule has 2 aromatic rings. The van der Waals surface area contributed by atoms with Crippen LogP contribution in [0.5, 0.6) is 0 Å². The summed E-state index contributed by atoms with van der Waals surface area (Å²) in [4.78, 5) is -1.12. The van der Waals surface area contributed by atoms with Gasteiger partial charge in [0.2, 0.25) is 9.84 Å². The van der Waals surface area contributed by atoms with Crippen molar-refractivity contribution in [1.82, 2.24) is 4.57 Å². The van der Waals surface area contributed by atoms with Crippen LogP contribution in [0.25, 0.3) is 5.69 Å². The highest BCUT2D eigenvalue weighted by Gasteiger charge is 2.52. The number of rotatable bonds is 3. The fourth-order valence-electron chi connectivity index (χ4n) is 2.77. The Bertz CT molecular complexity index is 937. The lowest BCUT2D eigenvalue weighted by molar-refractivity contribution is -0.0981. The van der Waals surface area contributed by atoms with E-state index in [1.165, 1.54) is 0 Å². The van der Waals surface area contributed by atoms with Crippen LogP contribution in [0.3, 0.4) is 0 Å². The second-order valence-corrected chi connectivity index (χ2v) is 7.82. The van der Waals surface area contributed by atoms with Gasteiger partial charge in [0.05, 0.1) is 11.3 Å². The van der Waals surface area contributed by atoms with Crippen molar-refractivity contribution in [2.75, 3.05) is 0 Å². The molecule has 1 N–H and O–H groups in total. The van der Waals surface area contributed by atoms with Crippen molar-refractivity contribution in [1.29, 1.82) is 0 Å². The van der Waals surface area contributed by atoms with Crippen LogP contribution in [-0.4, -0.2) is 29.8 Å². The average molecular weight is 402 g/mol. The standard InChI is InChI=1S/C14H9ClF5NO3S/c15-6-1-7(16)3-8(2-6)21-5-10(25(23,24)13(17)18)11-9(21)4-14(19,20)12(11)22/h1-3,5,12-13,22H,4H2. The fraction of sp³-hybridized carbons (Fsp3) is 0.286. The van der Waals surface area contributed by atoms with Crippen molar-refractivity contribution in [3.63, 3.8) is 0 Å². The van der Waals surface area contributed by atoms with E-state index >= 15 is 0 Å². The first-order chi connectivity index (χ1) is 11.4. The maximum atomic E-state index is 13.8. The number of benzene rings is 1. The minimum atomic E-state index is -5.27. The quantitative estimate of drug-likeness (QED) is 0.801. The summed E-state index contributed by atoms with van der Waals surface area (Å²) in [6, 6.07) is 2.94. The topological polar surface area (TPSA) is 59.3 Å². The summed E-state index contributed by atoms with van der Waals surface area (Å²) >= 11 is 5.69. The molecule has 0 aliphatic heterocycles. The van der Waals surface area contributed by atoms with Gasteiger partial charge >= 0.3 is 5.76 Å². The fourth-order valence-corrected chi connectivity index (χ4v) is 3.97. The SMILES string of the molecule is O=S(=O)(c1cn(-c2cc(F)cc(Cl)c2)c2c1C(O)C(F)(F)C2)C(F)F. The third kappa shape index (κ3) is 2.81. The monoisotopic (exact) mass is 401 g/mol. The minimum absolute atomic E-state index is 0.110. The number of sulfone groups is 1. The van der Waals surface area contributed by atoms with Gasteiger partial charge in [-0.05, 0) is 18.2 Å². The molecule has 0 saturated carbocycles.